The van der Waals surface area contributed by atoms with Gasteiger partial charge in [-0.3, -0.25) is 14.2 Å². The third-order valence-electron chi connectivity index (χ3n) is 4.19. The lowest BCUT2D eigenvalue weighted by Crippen LogP contribution is -2.30. The Kier molecular flexibility index (Phi) is 4.65. The first-order valence-electron chi connectivity index (χ1n) is 8.31. The Bertz CT molecular complexity index is 990. The zero-order valence-corrected chi connectivity index (χ0v) is 14.6. The third kappa shape index (κ3) is 3.60. The smallest absolute Gasteiger partial charge is 0.261 e. The molecule has 0 radical (unpaired) electrons. The van der Waals surface area contributed by atoms with Crippen molar-refractivity contribution in [1.82, 2.24) is 9.55 Å². The molecule has 1 N–H and O–H groups in total. The summed E-state index contributed by atoms with van der Waals surface area (Å²) in [6.07, 6.45) is 0. The topological polar surface area (TPSA) is 64.0 Å². The van der Waals surface area contributed by atoms with Gasteiger partial charge in [-0.1, -0.05) is 38.1 Å². The van der Waals surface area contributed by atoms with E-state index in [-0.39, 0.29) is 18.0 Å². The molecule has 5 nitrogen and oxygen atoms in total. The number of nitrogens with one attached hydrogen (secondary N) is 1. The van der Waals surface area contributed by atoms with E-state index in [1.165, 1.54) is 4.57 Å². The maximum atomic E-state index is 12.6. The zero-order valence-electron chi connectivity index (χ0n) is 14.6. The first-order chi connectivity index (χ1) is 12.0. The molecule has 0 bridgehead atoms. The summed E-state index contributed by atoms with van der Waals surface area (Å²) >= 11 is 0. The number of amides is 1. The molecule has 0 spiro atoms. The molecule has 0 saturated carbocycles. The lowest BCUT2D eigenvalue weighted by Gasteiger charge is -2.12. The molecular formula is C20H21N3O2. The van der Waals surface area contributed by atoms with Crippen molar-refractivity contribution in [3.8, 4) is 0 Å². The van der Waals surface area contributed by atoms with E-state index < -0.39 is 0 Å². The molecule has 128 valence electrons. The van der Waals surface area contributed by atoms with Crippen LogP contribution in [-0.4, -0.2) is 15.5 Å². The van der Waals surface area contributed by atoms with Gasteiger partial charge >= 0.3 is 0 Å². The van der Waals surface area contributed by atoms with E-state index >= 15 is 0 Å². The summed E-state index contributed by atoms with van der Waals surface area (Å²) in [5.74, 6) is 0.657. The minimum atomic E-state index is -0.247. The summed E-state index contributed by atoms with van der Waals surface area (Å²) in [5.41, 5.74) is 2.33. The van der Waals surface area contributed by atoms with Crippen LogP contribution in [0.1, 0.15) is 31.2 Å². The average molecular weight is 335 g/mol. The minimum absolute atomic E-state index is 0.0611. The number of nitrogens with zero attached hydrogens (tertiary/aromatic N) is 2. The van der Waals surface area contributed by atoms with Crippen molar-refractivity contribution in [2.75, 3.05) is 5.32 Å². The van der Waals surface area contributed by atoms with Crippen molar-refractivity contribution in [3.05, 3.63) is 70.3 Å². The number of aromatic nitrogens is 2. The number of benzene rings is 2. The van der Waals surface area contributed by atoms with Crippen molar-refractivity contribution in [2.24, 2.45) is 0 Å². The Morgan fingerprint density at radius 1 is 1.16 bits per heavy atom. The Hall–Kier alpha value is -2.95. The van der Waals surface area contributed by atoms with Crippen LogP contribution < -0.4 is 10.9 Å². The molecule has 3 aromatic rings. The van der Waals surface area contributed by atoms with Crippen LogP contribution in [0.25, 0.3) is 10.9 Å². The van der Waals surface area contributed by atoms with Gasteiger partial charge in [0.25, 0.3) is 5.56 Å². The molecule has 0 atom stereocenters. The molecule has 1 heterocycles. The average Bonchev–Trinajstić information content (AvgIpc) is 2.59. The van der Waals surface area contributed by atoms with Crippen LogP contribution in [0.5, 0.6) is 0 Å². The largest absolute Gasteiger partial charge is 0.325 e. The second-order valence-corrected chi connectivity index (χ2v) is 6.40. The predicted octanol–water partition coefficient (Wildman–Crippen LogP) is 3.47. The molecule has 1 aromatic heterocycles. The molecule has 0 aliphatic carbocycles. The Labute approximate surface area is 146 Å². The molecular weight excluding hydrogens is 314 g/mol. The SMILES string of the molecule is Cc1nc2ccccc2c(=O)n1CC(=O)Nc1cccc(C(C)C)c1. The quantitative estimate of drug-likeness (QED) is 0.794. The molecule has 0 saturated heterocycles. The molecule has 2 aromatic carbocycles. The number of para-hydroxylation sites is 1. The van der Waals surface area contributed by atoms with Crippen LogP contribution >= 0.6 is 0 Å². The first-order valence-corrected chi connectivity index (χ1v) is 8.31. The molecule has 5 heteroatoms. The van der Waals surface area contributed by atoms with Crippen LogP contribution in [0, 0.1) is 6.92 Å². The summed E-state index contributed by atoms with van der Waals surface area (Å²) in [5, 5.41) is 3.38. The fourth-order valence-corrected chi connectivity index (χ4v) is 2.78. The zero-order chi connectivity index (χ0) is 18.0. The fourth-order valence-electron chi connectivity index (χ4n) is 2.78. The van der Waals surface area contributed by atoms with E-state index in [1.54, 1.807) is 25.1 Å². The number of anilines is 1. The van der Waals surface area contributed by atoms with Crippen LogP contribution in [0.2, 0.25) is 0 Å². The number of hydrogen-bond donors (Lipinski definition) is 1. The van der Waals surface area contributed by atoms with Gasteiger partial charge in [-0.15, -0.1) is 0 Å². The standard InChI is InChI=1S/C20H21N3O2/c1-13(2)15-7-6-8-16(11-15)22-19(24)12-23-14(3)21-18-10-5-4-9-17(18)20(23)25/h4-11,13H,12H2,1-3H3,(H,22,24). The normalized spacial score (nSPS) is 11.0. The highest BCUT2D eigenvalue weighted by Gasteiger charge is 2.12. The molecule has 0 unspecified atom stereocenters. The highest BCUT2D eigenvalue weighted by molar-refractivity contribution is 5.91. The van der Waals surface area contributed by atoms with E-state index in [9.17, 15) is 9.59 Å². The van der Waals surface area contributed by atoms with Gasteiger partial charge < -0.3 is 5.32 Å². The van der Waals surface area contributed by atoms with Gasteiger partial charge in [0.2, 0.25) is 5.91 Å². The highest BCUT2D eigenvalue weighted by atomic mass is 16.2. The number of carbonyl (C=O) groups is 1. The van der Waals surface area contributed by atoms with Gasteiger partial charge in [0, 0.05) is 5.69 Å². The monoisotopic (exact) mass is 335 g/mol. The lowest BCUT2D eigenvalue weighted by molar-refractivity contribution is -0.116. The maximum Gasteiger partial charge on any atom is 0.261 e. The Balaban J connectivity index is 1.85. The van der Waals surface area contributed by atoms with Crippen molar-refractivity contribution in [1.29, 1.82) is 0 Å². The summed E-state index contributed by atoms with van der Waals surface area (Å²) in [4.78, 5) is 29.4. The van der Waals surface area contributed by atoms with Crippen molar-refractivity contribution >= 4 is 22.5 Å². The molecule has 25 heavy (non-hydrogen) atoms. The predicted molar refractivity (Wildman–Crippen MR) is 99.9 cm³/mol. The van der Waals surface area contributed by atoms with Gasteiger partial charge in [0.15, 0.2) is 0 Å². The second kappa shape index (κ2) is 6.89. The van der Waals surface area contributed by atoms with Crippen LogP contribution in [0.15, 0.2) is 53.3 Å². The number of rotatable bonds is 4. The second-order valence-electron chi connectivity index (χ2n) is 6.40. The van der Waals surface area contributed by atoms with E-state index in [1.807, 2.05) is 30.3 Å². The van der Waals surface area contributed by atoms with E-state index in [0.29, 0.717) is 22.6 Å². The van der Waals surface area contributed by atoms with Crippen LogP contribution in [0.4, 0.5) is 5.69 Å². The number of hydrogen-bond acceptors (Lipinski definition) is 3. The number of fused-ring (bicyclic) bond motifs is 1. The maximum absolute atomic E-state index is 12.6. The third-order valence-corrected chi connectivity index (χ3v) is 4.19. The van der Waals surface area contributed by atoms with Crippen LogP contribution in [0.3, 0.4) is 0 Å². The summed E-state index contributed by atoms with van der Waals surface area (Å²) in [6.45, 7) is 5.88. The molecule has 0 fully saturated rings. The Morgan fingerprint density at radius 2 is 1.92 bits per heavy atom. The number of aryl methyl sites for hydroxylation is 1. The Morgan fingerprint density at radius 3 is 2.68 bits per heavy atom. The van der Waals surface area contributed by atoms with Gasteiger partial charge in [-0.2, -0.15) is 0 Å². The number of carbonyl (C=O) groups excluding carboxylic acids is 1. The molecule has 0 aliphatic heterocycles. The molecule has 3 rings (SSSR count). The fraction of sp³-hybridized carbons (Fsp3) is 0.250. The highest BCUT2D eigenvalue weighted by Crippen LogP contribution is 2.18. The van der Waals surface area contributed by atoms with E-state index in [0.717, 1.165) is 11.3 Å². The lowest BCUT2D eigenvalue weighted by atomic mass is 10.0. The van der Waals surface area contributed by atoms with Crippen molar-refractivity contribution in [3.63, 3.8) is 0 Å². The summed E-state index contributed by atoms with van der Waals surface area (Å²) in [7, 11) is 0. The summed E-state index contributed by atoms with van der Waals surface area (Å²) in [6, 6.07) is 14.9. The van der Waals surface area contributed by atoms with Crippen molar-refractivity contribution in [2.45, 2.75) is 33.2 Å². The molecule has 1 amide bonds. The minimum Gasteiger partial charge on any atom is -0.325 e. The van der Waals surface area contributed by atoms with Gasteiger partial charge in [0.1, 0.15) is 12.4 Å². The van der Waals surface area contributed by atoms with Gasteiger partial charge in [-0.25, -0.2) is 4.98 Å². The van der Waals surface area contributed by atoms with Gasteiger partial charge in [-0.05, 0) is 42.7 Å². The van der Waals surface area contributed by atoms with Crippen molar-refractivity contribution < 1.29 is 4.79 Å². The van der Waals surface area contributed by atoms with E-state index in [4.69, 9.17) is 0 Å². The van der Waals surface area contributed by atoms with Crippen LogP contribution in [-0.2, 0) is 11.3 Å². The molecule has 0 aliphatic rings. The first kappa shape index (κ1) is 16.9. The van der Waals surface area contributed by atoms with Gasteiger partial charge in [0.05, 0.1) is 10.9 Å². The summed E-state index contributed by atoms with van der Waals surface area (Å²) < 4.78 is 1.41. The van der Waals surface area contributed by atoms with E-state index in [2.05, 4.69) is 24.1 Å².